The Balaban J connectivity index is 2.19. The molecule has 2 aromatic carbocycles. The van der Waals surface area contributed by atoms with Gasteiger partial charge < -0.3 is 4.74 Å². The Morgan fingerprint density at radius 1 is 1.00 bits per heavy atom. The van der Waals surface area contributed by atoms with Crippen molar-refractivity contribution in [3.8, 4) is 11.4 Å². The number of methoxy groups -OCH3 is 1. The largest absolute Gasteiger partial charge is 0.496 e. The van der Waals surface area contributed by atoms with E-state index < -0.39 is 0 Å². The summed E-state index contributed by atoms with van der Waals surface area (Å²) in [5, 5.41) is 8.02. The highest BCUT2D eigenvalue weighted by molar-refractivity contribution is 6.09. The maximum Gasteiger partial charge on any atom is 0.127 e. The van der Waals surface area contributed by atoms with Gasteiger partial charge in [-0.05, 0) is 25.1 Å². The Labute approximate surface area is 128 Å². The van der Waals surface area contributed by atoms with E-state index in [1.807, 2.05) is 42.1 Å². The molecule has 4 rings (SSSR count). The van der Waals surface area contributed by atoms with Crippen LogP contribution in [-0.2, 0) is 0 Å². The van der Waals surface area contributed by atoms with Gasteiger partial charge >= 0.3 is 0 Å². The molecule has 0 fully saturated rings. The molecular formula is C18H15N3O. The van der Waals surface area contributed by atoms with Crippen LogP contribution in [0.3, 0.4) is 0 Å². The van der Waals surface area contributed by atoms with Crippen molar-refractivity contribution in [2.45, 2.75) is 6.92 Å². The van der Waals surface area contributed by atoms with Gasteiger partial charge in [-0.3, -0.25) is 4.98 Å². The molecule has 4 nitrogen and oxygen atoms in total. The standard InChI is InChI=1S/C18H15N3O/c1-12-16-10-17(22-2)14-7-3-4-8-15(14)18(16)21(20-12)13-6-5-9-19-11-13/h3-11H,1-2H3. The molecule has 0 aliphatic heterocycles. The normalized spacial score (nSPS) is 11.2. The first kappa shape index (κ1) is 12.8. The van der Waals surface area contributed by atoms with Crippen LogP contribution in [0, 0.1) is 6.92 Å². The summed E-state index contributed by atoms with van der Waals surface area (Å²) in [5.74, 6) is 0.872. The van der Waals surface area contributed by atoms with E-state index >= 15 is 0 Å². The first-order valence-corrected chi connectivity index (χ1v) is 7.15. The van der Waals surface area contributed by atoms with E-state index in [1.54, 1.807) is 13.3 Å². The van der Waals surface area contributed by atoms with Gasteiger partial charge in [-0.25, -0.2) is 4.68 Å². The maximum atomic E-state index is 5.56. The van der Waals surface area contributed by atoms with Crippen molar-refractivity contribution in [2.75, 3.05) is 7.11 Å². The number of aryl methyl sites for hydroxylation is 1. The molecule has 0 aliphatic rings. The fraction of sp³-hybridized carbons (Fsp3) is 0.111. The molecule has 4 heteroatoms. The number of nitrogens with zero attached hydrogens (tertiary/aromatic N) is 3. The zero-order valence-electron chi connectivity index (χ0n) is 12.4. The highest BCUT2D eigenvalue weighted by Crippen LogP contribution is 2.35. The molecule has 0 saturated carbocycles. The van der Waals surface area contributed by atoms with Gasteiger partial charge in [0.05, 0.1) is 30.2 Å². The number of aromatic nitrogens is 3. The van der Waals surface area contributed by atoms with Crippen LogP contribution in [0.5, 0.6) is 5.75 Å². The van der Waals surface area contributed by atoms with E-state index in [1.165, 1.54) is 0 Å². The van der Waals surface area contributed by atoms with Crippen LogP contribution >= 0.6 is 0 Å². The van der Waals surface area contributed by atoms with Crippen LogP contribution in [0.15, 0.2) is 54.9 Å². The number of pyridine rings is 1. The lowest BCUT2D eigenvalue weighted by atomic mass is 10.0. The fourth-order valence-corrected chi connectivity index (χ4v) is 2.92. The van der Waals surface area contributed by atoms with Crippen molar-refractivity contribution in [1.29, 1.82) is 0 Å². The number of hydrogen-bond donors (Lipinski definition) is 0. The minimum atomic E-state index is 0.872. The van der Waals surface area contributed by atoms with E-state index in [9.17, 15) is 0 Å². The van der Waals surface area contributed by atoms with Gasteiger partial charge in [0.1, 0.15) is 5.75 Å². The Bertz CT molecular complexity index is 974. The van der Waals surface area contributed by atoms with Crippen molar-refractivity contribution >= 4 is 21.7 Å². The summed E-state index contributed by atoms with van der Waals surface area (Å²) in [7, 11) is 1.70. The second kappa shape index (κ2) is 4.84. The maximum absolute atomic E-state index is 5.56. The Kier molecular flexibility index (Phi) is 2.82. The molecule has 0 bridgehead atoms. The first-order valence-electron chi connectivity index (χ1n) is 7.15. The first-order chi connectivity index (χ1) is 10.8. The number of rotatable bonds is 2. The molecular weight excluding hydrogens is 274 g/mol. The van der Waals surface area contributed by atoms with Gasteiger partial charge in [-0.1, -0.05) is 24.3 Å². The van der Waals surface area contributed by atoms with E-state index in [2.05, 4.69) is 23.2 Å². The fourth-order valence-electron chi connectivity index (χ4n) is 2.92. The molecule has 108 valence electrons. The van der Waals surface area contributed by atoms with Crippen LogP contribution in [-0.4, -0.2) is 21.9 Å². The molecule has 0 radical (unpaired) electrons. The summed E-state index contributed by atoms with van der Waals surface area (Å²) in [6.07, 6.45) is 3.59. The number of ether oxygens (including phenoxy) is 1. The van der Waals surface area contributed by atoms with Crippen molar-refractivity contribution < 1.29 is 4.74 Å². The summed E-state index contributed by atoms with van der Waals surface area (Å²) >= 11 is 0. The van der Waals surface area contributed by atoms with Gasteiger partial charge in [-0.2, -0.15) is 5.10 Å². The van der Waals surface area contributed by atoms with Gasteiger partial charge in [0.2, 0.25) is 0 Å². The molecule has 2 heterocycles. The molecule has 0 spiro atoms. The molecule has 0 N–H and O–H groups in total. The highest BCUT2D eigenvalue weighted by atomic mass is 16.5. The van der Waals surface area contributed by atoms with E-state index in [0.29, 0.717) is 0 Å². The number of benzene rings is 2. The second-order valence-electron chi connectivity index (χ2n) is 5.23. The topological polar surface area (TPSA) is 39.9 Å². The van der Waals surface area contributed by atoms with Crippen molar-refractivity contribution in [2.24, 2.45) is 0 Å². The Morgan fingerprint density at radius 2 is 1.82 bits per heavy atom. The zero-order valence-corrected chi connectivity index (χ0v) is 12.4. The van der Waals surface area contributed by atoms with Crippen LogP contribution in [0.1, 0.15) is 5.69 Å². The Morgan fingerprint density at radius 3 is 2.55 bits per heavy atom. The highest BCUT2D eigenvalue weighted by Gasteiger charge is 2.15. The third kappa shape index (κ3) is 1.77. The van der Waals surface area contributed by atoms with Gasteiger partial charge in [-0.15, -0.1) is 0 Å². The summed E-state index contributed by atoms with van der Waals surface area (Å²) in [6, 6.07) is 14.2. The third-order valence-electron chi connectivity index (χ3n) is 3.94. The molecule has 22 heavy (non-hydrogen) atoms. The molecule has 0 aliphatic carbocycles. The van der Waals surface area contributed by atoms with Crippen molar-refractivity contribution in [3.05, 3.63) is 60.6 Å². The third-order valence-corrected chi connectivity index (χ3v) is 3.94. The molecule has 0 atom stereocenters. The SMILES string of the molecule is COc1cc2c(C)nn(-c3cccnc3)c2c2ccccc12. The smallest absolute Gasteiger partial charge is 0.127 e. The van der Waals surface area contributed by atoms with E-state index in [-0.39, 0.29) is 0 Å². The van der Waals surface area contributed by atoms with E-state index in [0.717, 1.165) is 38.8 Å². The minimum absolute atomic E-state index is 0.872. The predicted octanol–water partition coefficient (Wildman–Crippen LogP) is 3.89. The lowest BCUT2D eigenvalue weighted by Gasteiger charge is -2.09. The average Bonchev–Trinajstić information content (AvgIpc) is 2.92. The van der Waals surface area contributed by atoms with Crippen LogP contribution in [0.4, 0.5) is 0 Å². The summed E-state index contributed by atoms with van der Waals surface area (Å²) in [5.41, 5.74) is 3.01. The monoisotopic (exact) mass is 289 g/mol. The van der Waals surface area contributed by atoms with Crippen LogP contribution in [0.25, 0.3) is 27.4 Å². The minimum Gasteiger partial charge on any atom is -0.496 e. The Hall–Kier alpha value is -2.88. The molecule has 0 unspecified atom stereocenters. The summed E-state index contributed by atoms with van der Waals surface area (Å²) < 4.78 is 7.51. The van der Waals surface area contributed by atoms with E-state index in [4.69, 9.17) is 9.84 Å². The van der Waals surface area contributed by atoms with Crippen molar-refractivity contribution in [3.63, 3.8) is 0 Å². The van der Waals surface area contributed by atoms with Gasteiger partial charge in [0.25, 0.3) is 0 Å². The number of hydrogen-bond acceptors (Lipinski definition) is 3. The van der Waals surface area contributed by atoms with Gasteiger partial charge in [0.15, 0.2) is 0 Å². The van der Waals surface area contributed by atoms with Gasteiger partial charge in [0, 0.05) is 22.4 Å². The summed E-state index contributed by atoms with van der Waals surface area (Å²) in [4.78, 5) is 4.21. The van der Waals surface area contributed by atoms with Crippen molar-refractivity contribution in [1.82, 2.24) is 14.8 Å². The average molecular weight is 289 g/mol. The zero-order chi connectivity index (χ0) is 15.1. The molecule has 2 aromatic heterocycles. The molecule has 0 amide bonds. The van der Waals surface area contributed by atoms with Crippen LogP contribution < -0.4 is 4.74 Å². The van der Waals surface area contributed by atoms with Crippen LogP contribution in [0.2, 0.25) is 0 Å². The second-order valence-corrected chi connectivity index (χ2v) is 5.23. The lowest BCUT2D eigenvalue weighted by molar-refractivity contribution is 0.420. The molecule has 4 aromatic rings. The molecule has 0 saturated heterocycles. The predicted molar refractivity (Wildman–Crippen MR) is 87.7 cm³/mol. The quantitative estimate of drug-likeness (QED) is 0.562. The lowest BCUT2D eigenvalue weighted by Crippen LogP contribution is -1.97. The number of fused-ring (bicyclic) bond motifs is 3. The summed E-state index contributed by atoms with van der Waals surface area (Å²) in [6.45, 7) is 2.02.